The van der Waals surface area contributed by atoms with E-state index in [1.54, 1.807) is 4.72 Å². The van der Waals surface area contributed by atoms with Crippen LogP contribution in [0, 0.1) is 5.82 Å². The maximum atomic E-state index is 13.7. The van der Waals surface area contributed by atoms with E-state index < -0.39 is 28.8 Å². The summed E-state index contributed by atoms with van der Waals surface area (Å²) < 4.78 is 63.2. The molecule has 0 atom stereocenters. The van der Waals surface area contributed by atoms with E-state index in [1.807, 2.05) is 20.8 Å². The molecule has 2 N–H and O–H groups in total. The number of hydrogen-bond donors (Lipinski definition) is 2. The zero-order chi connectivity index (χ0) is 16.3. The van der Waals surface area contributed by atoms with Gasteiger partial charge in [-0.15, -0.1) is 0 Å². The lowest BCUT2D eigenvalue weighted by Crippen LogP contribution is -2.35. The molecule has 0 saturated carbocycles. The Bertz CT molecular complexity index is 584. The number of alkyl halides is 2. The Labute approximate surface area is 122 Å². The zero-order valence-corrected chi connectivity index (χ0v) is 12.9. The number of benzene rings is 1. The van der Waals surface area contributed by atoms with E-state index in [0.29, 0.717) is 0 Å². The third kappa shape index (κ3) is 6.03. The highest BCUT2D eigenvalue weighted by atomic mass is 32.2. The Balaban J connectivity index is 2.95. The number of nitrogens with one attached hydrogen (secondary N) is 2. The quantitative estimate of drug-likeness (QED) is 0.844. The Morgan fingerprint density at radius 1 is 1.24 bits per heavy atom. The van der Waals surface area contributed by atoms with Crippen molar-refractivity contribution in [1.29, 1.82) is 0 Å². The van der Waals surface area contributed by atoms with Crippen molar-refractivity contribution in [2.75, 3.05) is 6.54 Å². The molecule has 0 bridgehead atoms. The number of sulfonamides is 1. The Morgan fingerprint density at radius 3 is 2.38 bits per heavy atom. The first-order chi connectivity index (χ1) is 9.51. The maximum absolute atomic E-state index is 13.7. The van der Waals surface area contributed by atoms with Gasteiger partial charge in [0.15, 0.2) is 0 Å². The van der Waals surface area contributed by atoms with Gasteiger partial charge in [-0.05, 0) is 39.0 Å². The molecule has 0 heterocycles. The summed E-state index contributed by atoms with van der Waals surface area (Å²) in [7, 11) is -4.07. The van der Waals surface area contributed by atoms with Gasteiger partial charge in [0.2, 0.25) is 10.0 Å². The summed E-state index contributed by atoms with van der Waals surface area (Å²) in [6.07, 6.45) is -2.79. The maximum Gasteiger partial charge on any atom is 0.251 e. The minimum Gasteiger partial charge on any atom is -0.308 e. The summed E-state index contributed by atoms with van der Waals surface area (Å²) in [5.41, 5.74) is -0.111. The van der Waals surface area contributed by atoms with E-state index in [0.717, 1.165) is 18.2 Å². The van der Waals surface area contributed by atoms with Crippen LogP contribution in [0.4, 0.5) is 13.2 Å². The van der Waals surface area contributed by atoms with Crippen LogP contribution in [0.15, 0.2) is 23.1 Å². The van der Waals surface area contributed by atoms with Gasteiger partial charge in [-0.25, -0.2) is 26.3 Å². The van der Waals surface area contributed by atoms with Gasteiger partial charge in [0.25, 0.3) is 6.43 Å². The van der Waals surface area contributed by atoms with E-state index in [1.165, 1.54) is 0 Å². The molecule has 0 aliphatic rings. The van der Waals surface area contributed by atoms with Crippen molar-refractivity contribution in [3.05, 3.63) is 29.6 Å². The summed E-state index contributed by atoms with van der Waals surface area (Å²) >= 11 is 0. The first kappa shape index (κ1) is 17.9. The van der Waals surface area contributed by atoms with Gasteiger partial charge >= 0.3 is 0 Å². The fourth-order valence-electron chi connectivity index (χ4n) is 1.47. The summed E-state index contributed by atoms with van der Waals surface area (Å²) in [5, 5.41) is 3.03. The highest BCUT2D eigenvalue weighted by Crippen LogP contribution is 2.16. The van der Waals surface area contributed by atoms with Crippen LogP contribution in [0.5, 0.6) is 0 Å². The first-order valence-corrected chi connectivity index (χ1v) is 7.81. The monoisotopic (exact) mass is 324 g/mol. The molecule has 4 nitrogen and oxygen atoms in total. The molecule has 1 aromatic carbocycles. The predicted molar refractivity (Wildman–Crippen MR) is 74.2 cm³/mol. The van der Waals surface area contributed by atoms with Crippen molar-refractivity contribution in [1.82, 2.24) is 10.0 Å². The molecule has 0 aliphatic carbocycles. The predicted octanol–water partition coefficient (Wildman–Crippen LogP) is 2.26. The Hall–Kier alpha value is -1.12. The molecule has 0 amide bonds. The third-order valence-electron chi connectivity index (χ3n) is 2.56. The van der Waals surface area contributed by atoms with E-state index in [2.05, 4.69) is 5.32 Å². The molecule has 21 heavy (non-hydrogen) atoms. The van der Waals surface area contributed by atoms with E-state index in [-0.39, 0.29) is 22.5 Å². The average Bonchev–Trinajstić information content (AvgIpc) is 2.34. The van der Waals surface area contributed by atoms with Crippen LogP contribution >= 0.6 is 0 Å². The lowest BCUT2D eigenvalue weighted by molar-refractivity contribution is 0.153. The second-order valence-corrected chi connectivity index (χ2v) is 7.37. The minimum absolute atomic E-state index is 0.132. The van der Waals surface area contributed by atoms with Crippen LogP contribution in [0.3, 0.4) is 0 Å². The van der Waals surface area contributed by atoms with E-state index in [9.17, 15) is 21.6 Å². The number of hydrogen-bond acceptors (Lipinski definition) is 3. The van der Waals surface area contributed by atoms with E-state index >= 15 is 0 Å². The molecule has 0 unspecified atom stereocenters. The van der Waals surface area contributed by atoms with Gasteiger partial charge in [0.05, 0.1) is 11.4 Å². The number of rotatable bonds is 6. The second kappa shape index (κ2) is 6.76. The molecule has 1 rings (SSSR count). The third-order valence-corrected chi connectivity index (χ3v) is 3.99. The van der Waals surface area contributed by atoms with E-state index in [4.69, 9.17) is 0 Å². The minimum atomic E-state index is -4.07. The largest absolute Gasteiger partial charge is 0.308 e. The highest BCUT2D eigenvalue weighted by molar-refractivity contribution is 7.89. The van der Waals surface area contributed by atoms with Crippen molar-refractivity contribution in [3.8, 4) is 0 Å². The van der Waals surface area contributed by atoms with Crippen LogP contribution in [-0.2, 0) is 16.6 Å². The van der Waals surface area contributed by atoms with Crippen molar-refractivity contribution < 1.29 is 21.6 Å². The number of halogens is 3. The first-order valence-electron chi connectivity index (χ1n) is 6.32. The molecule has 0 spiro atoms. The summed E-state index contributed by atoms with van der Waals surface area (Å²) in [5.74, 6) is -0.556. The average molecular weight is 324 g/mol. The molecule has 0 aromatic heterocycles. The van der Waals surface area contributed by atoms with Crippen LogP contribution in [-0.4, -0.2) is 26.9 Å². The van der Waals surface area contributed by atoms with Crippen molar-refractivity contribution in [3.63, 3.8) is 0 Å². The normalized spacial score (nSPS) is 12.9. The zero-order valence-electron chi connectivity index (χ0n) is 12.1. The van der Waals surface area contributed by atoms with Gasteiger partial charge in [0, 0.05) is 17.6 Å². The van der Waals surface area contributed by atoms with Crippen LogP contribution in [0.1, 0.15) is 26.3 Å². The molecule has 0 radical (unpaired) electrons. The fraction of sp³-hybridized carbons (Fsp3) is 0.538. The smallest absolute Gasteiger partial charge is 0.251 e. The highest BCUT2D eigenvalue weighted by Gasteiger charge is 2.18. The molecule has 8 heteroatoms. The lowest BCUT2D eigenvalue weighted by atomic mass is 10.1. The Morgan fingerprint density at radius 2 is 1.86 bits per heavy atom. The van der Waals surface area contributed by atoms with Gasteiger partial charge < -0.3 is 5.32 Å². The summed E-state index contributed by atoms with van der Waals surface area (Å²) in [6, 6.07) is 3.20. The summed E-state index contributed by atoms with van der Waals surface area (Å²) in [6.45, 7) is 4.81. The second-order valence-electron chi connectivity index (χ2n) is 5.60. The molecule has 0 saturated heterocycles. The van der Waals surface area contributed by atoms with Crippen molar-refractivity contribution in [2.45, 2.75) is 44.2 Å². The fourth-order valence-corrected chi connectivity index (χ4v) is 2.53. The summed E-state index contributed by atoms with van der Waals surface area (Å²) in [4.78, 5) is -0.241. The van der Waals surface area contributed by atoms with Gasteiger partial charge in [-0.1, -0.05) is 0 Å². The molecular formula is C13H19F3N2O2S. The van der Waals surface area contributed by atoms with Gasteiger partial charge in [-0.3, -0.25) is 0 Å². The van der Waals surface area contributed by atoms with Crippen molar-refractivity contribution in [2.24, 2.45) is 0 Å². The molecule has 0 fully saturated rings. The van der Waals surface area contributed by atoms with Crippen molar-refractivity contribution >= 4 is 10.0 Å². The topological polar surface area (TPSA) is 58.2 Å². The SMILES string of the molecule is CC(C)(C)NCc1cc(S(=O)(=O)NCC(F)F)ccc1F. The molecule has 0 aliphatic heterocycles. The van der Waals surface area contributed by atoms with Gasteiger partial charge in [0.1, 0.15) is 5.82 Å². The Kier molecular flexibility index (Phi) is 5.77. The van der Waals surface area contributed by atoms with Crippen LogP contribution < -0.4 is 10.0 Å². The molecular weight excluding hydrogens is 305 g/mol. The molecule has 1 aromatic rings. The lowest BCUT2D eigenvalue weighted by Gasteiger charge is -2.21. The van der Waals surface area contributed by atoms with Crippen LogP contribution in [0.25, 0.3) is 0 Å². The van der Waals surface area contributed by atoms with Gasteiger partial charge in [-0.2, -0.15) is 0 Å². The standard InChI is InChI=1S/C13H19F3N2O2S/c1-13(2,3)17-7-9-6-10(4-5-11(9)14)21(19,20)18-8-12(15)16/h4-6,12,17-18H,7-8H2,1-3H3. The van der Waals surface area contributed by atoms with Crippen LogP contribution in [0.2, 0.25) is 0 Å². The molecule has 120 valence electrons.